The second-order valence-electron chi connectivity index (χ2n) is 6.65. The molecule has 1 aliphatic rings. The number of hydrogen-bond donors (Lipinski definition) is 3. The number of aromatic nitrogens is 2. The Morgan fingerprint density at radius 3 is 2.89 bits per heavy atom. The van der Waals surface area contributed by atoms with Crippen LogP contribution in [0.1, 0.15) is 23.3 Å². The molecule has 1 aromatic carbocycles. The van der Waals surface area contributed by atoms with Gasteiger partial charge in [0.1, 0.15) is 10.3 Å². The number of amides is 1. The number of benzene rings is 1. The minimum atomic E-state index is -0.255. The van der Waals surface area contributed by atoms with E-state index in [0.29, 0.717) is 22.9 Å². The second kappa shape index (κ2) is 8.02. The molecule has 3 N–H and O–H groups in total. The van der Waals surface area contributed by atoms with Gasteiger partial charge >= 0.3 is 0 Å². The van der Waals surface area contributed by atoms with Crippen LogP contribution in [0.4, 0.5) is 16.5 Å². The van der Waals surface area contributed by atoms with Crippen molar-refractivity contribution in [3.63, 3.8) is 0 Å². The molecule has 1 amide bonds. The Morgan fingerprint density at radius 1 is 1.36 bits per heavy atom. The average molecular weight is 462 g/mol. The number of carbonyl (C=O) groups excluding carboxylic acids is 1. The third-order valence-electron chi connectivity index (χ3n) is 4.56. The topological polar surface area (TPSA) is 90.4 Å². The Morgan fingerprint density at radius 2 is 2.18 bits per heavy atom. The summed E-state index contributed by atoms with van der Waals surface area (Å²) in [5.74, 6) is -0.255. The van der Waals surface area contributed by atoms with Gasteiger partial charge in [-0.25, -0.2) is 9.97 Å². The maximum atomic E-state index is 12.7. The minimum absolute atomic E-state index is 0.0482. The number of nitrogens with one attached hydrogen (secondary N) is 2. The van der Waals surface area contributed by atoms with Crippen molar-refractivity contribution in [2.75, 3.05) is 35.7 Å². The van der Waals surface area contributed by atoms with Crippen molar-refractivity contribution in [1.29, 1.82) is 0 Å². The van der Waals surface area contributed by atoms with Crippen LogP contribution in [0.3, 0.4) is 0 Å². The van der Waals surface area contributed by atoms with E-state index in [0.717, 1.165) is 39.6 Å². The van der Waals surface area contributed by atoms with Crippen molar-refractivity contribution in [2.24, 2.45) is 0 Å². The highest BCUT2D eigenvalue weighted by molar-refractivity contribution is 9.10. The molecular formula is C19H20BrN5O2S. The van der Waals surface area contributed by atoms with Crippen LogP contribution in [-0.4, -0.2) is 47.2 Å². The fraction of sp³-hybridized carbons (Fsp3) is 0.316. The molecule has 1 aliphatic carbocycles. The number of halogens is 1. The maximum absolute atomic E-state index is 12.7. The standard InChI is InChI=1S/C19H20BrN5O2S/c1-25(11-5-6-11)15-9-14-16(28-19(24-14)21-7-8-26)10-13(15)23-18(27)12-3-2-4-17(20)22-12/h2-4,9-11,26H,5-8H2,1H3,(H,21,24)(H,23,27). The number of aliphatic hydroxyl groups is 1. The molecule has 0 saturated heterocycles. The summed E-state index contributed by atoms with van der Waals surface area (Å²) < 4.78 is 1.58. The van der Waals surface area contributed by atoms with Gasteiger partial charge in [-0.1, -0.05) is 17.4 Å². The van der Waals surface area contributed by atoms with Gasteiger partial charge in [0, 0.05) is 19.6 Å². The van der Waals surface area contributed by atoms with Crippen LogP contribution in [0, 0.1) is 0 Å². The average Bonchev–Trinajstić information content (AvgIpc) is 3.45. The van der Waals surface area contributed by atoms with E-state index in [1.807, 2.05) is 19.2 Å². The van der Waals surface area contributed by atoms with Crippen LogP contribution in [-0.2, 0) is 0 Å². The first kappa shape index (κ1) is 19.1. The number of fused-ring (bicyclic) bond motifs is 1. The van der Waals surface area contributed by atoms with Gasteiger partial charge in [0.15, 0.2) is 5.13 Å². The van der Waals surface area contributed by atoms with Crippen molar-refractivity contribution in [3.8, 4) is 0 Å². The van der Waals surface area contributed by atoms with Crippen molar-refractivity contribution >= 4 is 59.9 Å². The maximum Gasteiger partial charge on any atom is 0.274 e. The lowest BCUT2D eigenvalue weighted by atomic mass is 10.2. The molecule has 0 spiro atoms. The fourth-order valence-electron chi connectivity index (χ4n) is 2.97. The molecule has 146 valence electrons. The molecule has 1 fully saturated rings. The second-order valence-corrected chi connectivity index (χ2v) is 8.49. The van der Waals surface area contributed by atoms with Crippen LogP contribution in [0.15, 0.2) is 34.9 Å². The van der Waals surface area contributed by atoms with Crippen LogP contribution in [0.5, 0.6) is 0 Å². The van der Waals surface area contributed by atoms with Crippen molar-refractivity contribution in [2.45, 2.75) is 18.9 Å². The first-order chi connectivity index (χ1) is 13.5. The molecule has 0 atom stereocenters. The van der Waals surface area contributed by atoms with E-state index in [1.54, 1.807) is 18.2 Å². The van der Waals surface area contributed by atoms with Gasteiger partial charge in [0.25, 0.3) is 5.91 Å². The molecule has 1 saturated carbocycles. The summed E-state index contributed by atoms with van der Waals surface area (Å²) in [4.78, 5) is 23.8. The number of nitrogens with zero attached hydrogens (tertiary/aromatic N) is 3. The van der Waals surface area contributed by atoms with Gasteiger partial charge < -0.3 is 20.6 Å². The van der Waals surface area contributed by atoms with Gasteiger partial charge in [-0.05, 0) is 53.0 Å². The molecule has 0 bridgehead atoms. The lowest BCUT2D eigenvalue weighted by molar-refractivity contribution is 0.102. The zero-order chi connectivity index (χ0) is 19.7. The highest BCUT2D eigenvalue weighted by Crippen LogP contribution is 2.39. The third kappa shape index (κ3) is 4.11. The summed E-state index contributed by atoms with van der Waals surface area (Å²) in [5, 5.41) is 15.9. The number of pyridine rings is 1. The summed E-state index contributed by atoms with van der Waals surface area (Å²) in [7, 11) is 2.04. The molecular weight excluding hydrogens is 442 g/mol. The fourth-order valence-corrected chi connectivity index (χ4v) is 4.23. The van der Waals surface area contributed by atoms with E-state index >= 15 is 0 Å². The van der Waals surface area contributed by atoms with Crippen LogP contribution < -0.4 is 15.5 Å². The minimum Gasteiger partial charge on any atom is -0.395 e. The molecule has 4 rings (SSSR count). The van der Waals surface area contributed by atoms with Crippen molar-refractivity contribution in [1.82, 2.24) is 9.97 Å². The number of aliphatic hydroxyl groups excluding tert-OH is 1. The Balaban J connectivity index is 1.69. The lowest BCUT2D eigenvalue weighted by Gasteiger charge is -2.22. The molecule has 2 aromatic heterocycles. The van der Waals surface area contributed by atoms with E-state index in [4.69, 9.17) is 5.11 Å². The van der Waals surface area contributed by atoms with Gasteiger partial charge in [-0.3, -0.25) is 4.79 Å². The lowest BCUT2D eigenvalue weighted by Crippen LogP contribution is -2.22. The Labute approximate surface area is 174 Å². The Hall–Kier alpha value is -2.23. The van der Waals surface area contributed by atoms with E-state index in [2.05, 4.69) is 41.4 Å². The van der Waals surface area contributed by atoms with E-state index in [9.17, 15) is 4.79 Å². The Kier molecular flexibility index (Phi) is 5.47. The number of hydrogen-bond acceptors (Lipinski definition) is 7. The summed E-state index contributed by atoms with van der Waals surface area (Å²) in [6.07, 6.45) is 2.30. The van der Waals surface area contributed by atoms with Gasteiger partial charge in [0.2, 0.25) is 0 Å². The monoisotopic (exact) mass is 461 g/mol. The normalized spacial score (nSPS) is 13.5. The summed E-state index contributed by atoms with van der Waals surface area (Å²) in [6, 6.07) is 9.72. The first-order valence-electron chi connectivity index (χ1n) is 9.01. The molecule has 2 heterocycles. The molecule has 3 aromatic rings. The first-order valence-corrected chi connectivity index (χ1v) is 10.6. The summed E-state index contributed by atoms with van der Waals surface area (Å²) in [5.41, 5.74) is 2.90. The Bertz CT molecular complexity index is 1020. The predicted octanol–water partition coefficient (Wildman–Crippen LogP) is 3.71. The number of carbonyl (C=O) groups is 1. The largest absolute Gasteiger partial charge is 0.395 e. The van der Waals surface area contributed by atoms with Gasteiger partial charge in [0.05, 0.1) is 28.2 Å². The highest BCUT2D eigenvalue weighted by Gasteiger charge is 2.28. The van der Waals surface area contributed by atoms with E-state index < -0.39 is 0 Å². The van der Waals surface area contributed by atoms with Crippen LogP contribution in [0.25, 0.3) is 10.2 Å². The predicted molar refractivity (Wildman–Crippen MR) is 117 cm³/mol. The van der Waals surface area contributed by atoms with Crippen LogP contribution >= 0.6 is 27.3 Å². The van der Waals surface area contributed by atoms with Gasteiger partial charge in [-0.2, -0.15) is 0 Å². The smallest absolute Gasteiger partial charge is 0.274 e. The highest BCUT2D eigenvalue weighted by atomic mass is 79.9. The number of rotatable bonds is 7. The van der Waals surface area contributed by atoms with E-state index in [1.165, 1.54) is 11.3 Å². The molecule has 0 aliphatic heterocycles. The molecule has 9 heteroatoms. The van der Waals surface area contributed by atoms with Crippen molar-refractivity contribution in [3.05, 3.63) is 40.6 Å². The molecule has 0 unspecified atom stereocenters. The third-order valence-corrected chi connectivity index (χ3v) is 5.98. The molecule has 7 nitrogen and oxygen atoms in total. The van der Waals surface area contributed by atoms with E-state index in [-0.39, 0.29) is 12.5 Å². The number of anilines is 3. The quantitative estimate of drug-likeness (QED) is 0.464. The van der Waals surface area contributed by atoms with Crippen LogP contribution in [0.2, 0.25) is 0 Å². The zero-order valence-corrected chi connectivity index (χ0v) is 17.7. The summed E-state index contributed by atoms with van der Waals surface area (Å²) in [6.45, 7) is 0.499. The molecule has 28 heavy (non-hydrogen) atoms. The van der Waals surface area contributed by atoms with Crippen molar-refractivity contribution < 1.29 is 9.90 Å². The summed E-state index contributed by atoms with van der Waals surface area (Å²) >= 11 is 4.80. The van der Waals surface area contributed by atoms with Gasteiger partial charge in [-0.15, -0.1) is 0 Å². The zero-order valence-electron chi connectivity index (χ0n) is 15.3. The number of thiazole rings is 1. The molecule has 0 radical (unpaired) electrons. The SMILES string of the molecule is CN(c1cc2nc(NCCO)sc2cc1NC(=O)c1cccc(Br)n1)C1CC1.